The summed E-state index contributed by atoms with van der Waals surface area (Å²) in [6.07, 6.45) is 3.38. The second-order valence-corrected chi connectivity index (χ2v) is 7.91. The molecule has 1 saturated heterocycles. The van der Waals surface area contributed by atoms with Crippen molar-refractivity contribution in [2.45, 2.75) is 38.7 Å². The molecule has 7 heteroatoms. The SMILES string of the molecule is CC(=O)O[C@H]1C[C@H](n2cc(-c3ccccc3)c3c(Nc4ccccc4)ncnc32)O[C@@H]1C. The molecule has 0 saturated carbocycles. The van der Waals surface area contributed by atoms with Gasteiger partial charge in [-0.05, 0) is 24.6 Å². The number of para-hydroxylation sites is 1. The first-order valence-electron chi connectivity index (χ1n) is 10.7. The normalized spacial score (nSPS) is 20.4. The number of nitrogens with one attached hydrogen (secondary N) is 1. The van der Waals surface area contributed by atoms with Gasteiger partial charge in [-0.15, -0.1) is 0 Å². The van der Waals surface area contributed by atoms with Crippen LogP contribution in [-0.2, 0) is 14.3 Å². The molecule has 3 atom stereocenters. The Labute approximate surface area is 186 Å². The van der Waals surface area contributed by atoms with Crippen molar-refractivity contribution in [1.29, 1.82) is 0 Å². The van der Waals surface area contributed by atoms with Crippen molar-refractivity contribution in [3.8, 4) is 11.1 Å². The Morgan fingerprint density at radius 1 is 1.09 bits per heavy atom. The highest BCUT2D eigenvalue weighted by Crippen LogP contribution is 2.39. The standard InChI is InChI=1S/C25H24N4O3/c1-16-21(32-17(2)30)13-22(31-16)29-14-20(18-9-5-3-6-10-18)23-24(26-15-27-25(23)29)28-19-11-7-4-8-12-19/h3-12,14-16,21-22H,13H2,1-2H3,(H,26,27,28)/t16-,21+,22-/m1/s1. The third-order valence-electron chi connectivity index (χ3n) is 5.69. The highest BCUT2D eigenvalue weighted by Gasteiger charge is 2.36. The molecule has 2 aromatic heterocycles. The lowest BCUT2D eigenvalue weighted by atomic mass is 10.1. The topological polar surface area (TPSA) is 78.3 Å². The van der Waals surface area contributed by atoms with Gasteiger partial charge < -0.3 is 19.4 Å². The van der Waals surface area contributed by atoms with Crippen molar-refractivity contribution in [3.05, 3.63) is 73.2 Å². The summed E-state index contributed by atoms with van der Waals surface area (Å²) in [6, 6.07) is 20.1. The van der Waals surface area contributed by atoms with E-state index in [1.807, 2.05) is 60.0 Å². The van der Waals surface area contributed by atoms with Crippen LogP contribution in [0.4, 0.5) is 11.5 Å². The van der Waals surface area contributed by atoms with Crippen LogP contribution < -0.4 is 5.32 Å². The molecule has 7 nitrogen and oxygen atoms in total. The Morgan fingerprint density at radius 3 is 2.53 bits per heavy atom. The van der Waals surface area contributed by atoms with E-state index in [1.165, 1.54) is 6.92 Å². The maximum atomic E-state index is 11.5. The quantitative estimate of drug-likeness (QED) is 0.447. The first kappa shape index (κ1) is 20.2. The molecule has 0 bridgehead atoms. The van der Waals surface area contributed by atoms with Crippen LogP contribution in [0.25, 0.3) is 22.2 Å². The van der Waals surface area contributed by atoms with E-state index in [9.17, 15) is 4.79 Å². The molecule has 1 N–H and O–H groups in total. The molecule has 3 heterocycles. The fourth-order valence-corrected chi connectivity index (χ4v) is 4.21. The van der Waals surface area contributed by atoms with E-state index < -0.39 is 0 Å². The van der Waals surface area contributed by atoms with E-state index in [2.05, 4.69) is 33.6 Å². The molecular weight excluding hydrogens is 404 g/mol. The lowest BCUT2D eigenvalue weighted by Crippen LogP contribution is -2.23. The van der Waals surface area contributed by atoms with Crippen LogP contribution in [0.3, 0.4) is 0 Å². The summed E-state index contributed by atoms with van der Waals surface area (Å²) in [4.78, 5) is 20.7. The van der Waals surface area contributed by atoms with Crippen molar-refractivity contribution in [2.24, 2.45) is 0 Å². The summed E-state index contributed by atoms with van der Waals surface area (Å²) in [5.41, 5.74) is 3.77. The molecule has 1 fully saturated rings. The van der Waals surface area contributed by atoms with Gasteiger partial charge in [-0.1, -0.05) is 48.5 Å². The molecule has 0 aliphatic carbocycles. The van der Waals surface area contributed by atoms with Crippen molar-refractivity contribution in [3.63, 3.8) is 0 Å². The van der Waals surface area contributed by atoms with E-state index in [1.54, 1.807) is 6.33 Å². The van der Waals surface area contributed by atoms with Gasteiger partial charge in [-0.3, -0.25) is 4.79 Å². The highest BCUT2D eigenvalue weighted by atomic mass is 16.6. The number of hydrogen-bond donors (Lipinski definition) is 1. The van der Waals surface area contributed by atoms with Crippen molar-refractivity contribution in [1.82, 2.24) is 14.5 Å². The van der Waals surface area contributed by atoms with Gasteiger partial charge in [0.25, 0.3) is 0 Å². The molecular formula is C25H24N4O3. The van der Waals surface area contributed by atoms with Crippen LogP contribution in [0.2, 0.25) is 0 Å². The number of aromatic nitrogens is 3. The Morgan fingerprint density at radius 2 is 1.81 bits per heavy atom. The van der Waals surface area contributed by atoms with Gasteiger partial charge in [0.05, 0.1) is 11.5 Å². The monoisotopic (exact) mass is 428 g/mol. The summed E-state index contributed by atoms with van der Waals surface area (Å²) in [6.45, 7) is 3.35. The van der Waals surface area contributed by atoms with Gasteiger partial charge in [0.2, 0.25) is 0 Å². The summed E-state index contributed by atoms with van der Waals surface area (Å²) in [5, 5.41) is 4.34. The Hall–Kier alpha value is -3.71. The first-order chi connectivity index (χ1) is 15.6. The van der Waals surface area contributed by atoms with Gasteiger partial charge in [-0.2, -0.15) is 0 Å². The fraction of sp³-hybridized carbons (Fsp3) is 0.240. The minimum absolute atomic E-state index is 0.203. The molecule has 0 amide bonds. The number of fused-ring (bicyclic) bond motifs is 1. The summed E-state index contributed by atoms with van der Waals surface area (Å²) < 4.78 is 13.7. The second kappa shape index (κ2) is 8.43. The zero-order valence-electron chi connectivity index (χ0n) is 17.9. The molecule has 0 spiro atoms. The number of hydrogen-bond acceptors (Lipinski definition) is 6. The van der Waals surface area contributed by atoms with Gasteiger partial charge in [0.15, 0.2) is 0 Å². The molecule has 2 aromatic carbocycles. The minimum atomic E-state index is -0.301. The molecule has 0 unspecified atom stereocenters. The maximum absolute atomic E-state index is 11.5. The molecule has 4 aromatic rings. The van der Waals surface area contributed by atoms with E-state index in [0.29, 0.717) is 6.42 Å². The number of nitrogens with zero attached hydrogens (tertiary/aromatic N) is 3. The average Bonchev–Trinajstić information content (AvgIpc) is 3.36. The average molecular weight is 428 g/mol. The third-order valence-corrected chi connectivity index (χ3v) is 5.69. The fourth-order valence-electron chi connectivity index (χ4n) is 4.21. The number of carbonyl (C=O) groups excluding carboxylic acids is 1. The largest absolute Gasteiger partial charge is 0.460 e. The predicted molar refractivity (Wildman–Crippen MR) is 122 cm³/mol. The number of rotatable bonds is 5. The number of anilines is 2. The van der Waals surface area contributed by atoms with Crippen LogP contribution in [0.1, 0.15) is 26.5 Å². The Kier molecular flexibility index (Phi) is 5.33. The molecule has 0 radical (unpaired) electrons. The van der Waals surface area contributed by atoms with Gasteiger partial charge in [0, 0.05) is 30.8 Å². The van der Waals surface area contributed by atoms with Gasteiger partial charge in [0.1, 0.15) is 30.1 Å². The number of carbonyl (C=O) groups is 1. The highest BCUT2D eigenvalue weighted by molar-refractivity contribution is 6.02. The maximum Gasteiger partial charge on any atom is 0.302 e. The second-order valence-electron chi connectivity index (χ2n) is 7.91. The molecule has 1 aliphatic heterocycles. The summed E-state index contributed by atoms with van der Waals surface area (Å²) in [7, 11) is 0. The smallest absolute Gasteiger partial charge is 0.302 e. The Bertz CT molecular complexity index is 1240. The van der Waals surface area contributed by atoms with Gasteiger partial charge in [-0.25, -0.2) is 9.97 Å². The van der Waals surface area contributed by atoms with Crippen LogP contribution in [0, 0.1) is 0 Å². The number of ether oxygens (including phenoxy) is 2. The minimum Gasteiger partial charge on any atom is -0.460 e. The molecule has 5 rings (SSSR count). The predicted octanol–water partition coefficient (Wildman–Crippen LogP) is 5.08. The van der Waals surface area contributed by atoms with Crippen molar-refractivity contribution >= 4 is 28.5 Å². The third kappa shape index (κ3) is 3.83. The van der Waals surface area contributed by atoms with Gasteiger partial charge >= 0.3 is 5.97 Å². The van der Waals surface area contributed by atoms with Crippen molar-refractivity contribution in [2.75, 3.05) is 5.32 Å². The zero-order valence-corrected chi connectivity index (χ0v) is 17.9. The lowest BCUT2D eigenvalue weighted by molar-refractivity contribution is -0.148. The lowest BCUT2D eigenvalue weighted by Gasteiger charge is -2.13. The molecule has 32 heavy (non-hydrogen) atoms. The zero-order chi connectivity index (χ0) is 22.1. The van der Waals surface area contributed by atoms with E-state index in [4.69, 9.17) is 9.47 Å². The van der Waals surface area contributed by atoms with Crippen LogP contribution >= 0.6 is 0 Å². The van der Waals surface area contributed by atoms with E-state index >= 15 is 0 Å². The number of esters is 1. The van der Waals surface area contributed by atoms with Crippen LogP contribution in [-0.4, -0.2) is 32.7 Å². The van der Waals surface area contributed by atoms with Crippen LogP contribution in [0.15, 0.2) is 73.2 Å². The summed E-state index contributed by atoms with van der Waals surface area (Å²) >= 11 is 0. The number of benzene rings is 2. The van der Waals surface area contributed by atoms with Crippen LogP contribution in [0.5, 0.6) is 0 Å². The molecule has 1 aliphatic rings. The van der Waals surface area contributed by atoms with Crippen molar-refractivity contribution < 1.29 is 14.3 Å². The Balaban J connectivity index is 1.62. The van der Waals surface area contributed by atoms with E-state index in [0.717, 1.165) is 33.7 Å². The first-order valence-corrected chi connectivity index (χ1v) is 10.7. The summed E-state index contributed by atoms with van der Waals surface area (Å²) in [5.74, 6) is 0.423. The molecule has 162 valence electrons. The van der Waals surface area contributed by atoms with E-state index in [-0.39, 0.29) is 24.4 Å².